The van der Waals surface area contributed by atoms with Gasteiger partial charge in [-0.3, -0.25) is 19.7 Å². The van der Waals surface area contributed by atoms with Crippen LogP contribution in [-0.2, 0) is 9.53 Å². The second kappa shape index (κ2) is 9.47. The molecule has 0 unspecified atom stereocenters. The van der Waals surface area contributed by atoms with Gasteiger partial charge in [0.1, 0.15) is 5.02 Å². The average Bonchev–Trinajstić information content (AvgIpc) is 2.66. The molecule has 0 aliphatic rings. The number of hydrogen-bond donors (Lipinski definition) is 2. The van der Waals surface area contributed by atoms with Crippen LogP contribution >= 0.6 is 11.6 Å². The van der Waals surface area contributed by atoms with Gasteiger partial charge in [-0.15, -0.1) is 0 Å². The molecular formula is C18H16ClN3O6. The molecule has 0 fully saturated rings. The van der Waals surface area contributed by atoms with Crippen LogP contribution in [0.3, 0.4) is 0 Å². The van der Waals surface area contributed by atoms with Crippen molar-refractivity contribution in [3.8, 4) is 0 Å². The van der Waals surface area contributed by atoms with E-state index >= 15 is 0 Å². The molecule has 0 heterocycles. The lowest BCUT2D eigenvalue weighted by atomic mass is 10.2. The third-order valence-corrected chi connectivity index (χ3v) is 3.78. The van der Waals surface area contributed by atoms with Crippen LogP contribution in [-0.4, -0.2) is 35.9 Å². The molecule has 0 atom stereocenters. The Morgan fingerprint density at radius 1 is 1.14 bits per heavy atom. The number of nitro benzene ring substituents is 1. The van der Waals surface area contributed by atoms with Crippen LogP contribution in [0.25, 0.3) is 0 Å². The lowest BCUT2D eigenvalue weighted by Crippen LogP contribution is -2.23. The van der Waals surface area contributed by atoms with Gasteiger partial charge in [-0.05, 0) is 37.3 Å². The van der Waals surface area contributed by atoms with Crippen molar-refractivity contribution in [2.45, 2.75) is 6.92 Å². The van der Waals surface area contributed by atoms with E-state index < -0.39 is 29.1 Å². The summed E-state index contributed by atoms with van der Waals surface area (Å²) in [5.41, 5.74) is 0.168. The van der Waals surface area contributed by atoms with E-state index in [0.717, 1.165) is 6.07 Å². The number of nitro groups is 1. The monoisotopic (exact) mass is 405 g/mol. The molecule has 2 N–H and O–H groups in total. The highest BCUT2D eigenvalue weighted by molar-refractivity contribution is 6.32. The molecule has 0 aliphatic carbocycles. The second-order valence-corrected chi connectivity index (χ2v) is 5.90. The first-order valence-corrected chi connectivity index (χ1v) is 8.48. The lowest BCUT2D eigenvalue weighted by molar-refractivity contribution is -0.384. The van der Waals surface area contributed by atoms with Gasteiger partial charge in [0.2, 0.25) is 0 Å². The van der Waals surface area contributed by atoms with Crippen molar-refractivity contribution >= 4 is 40.8 Å². The quantitative estimate of drug-likeness (QED) is 0.414. The smallest absolute Gasteiger partial charge is 0.338 e. The Kier molecular flexibility index (Phi) is 7.05. The number of rotatable bonds is 7. The summed E-state index contributed by atoms with van der Waals surface area (Å²) in [6.45, 7) is 1.64. The van der Waals surface area contributed by atoms with E-state index in [4.69, 9.17) is 16.3 Å². The molecule has 2 aromatic rings. The number of ether oxygens (including phenoxy) is 1. The fraction of sp³-hybridized carbons (Fsp3) is 0.167. The Morgan fingerprint density at radius 2 is 1.89 bits per heavy atom. The van der Waals surface area contributed by atoms with Crippen molar-refractivity contribution in [3.63, 3.8) is 0 Å². The highest BCUT2D eigenvalue weighted by atomic mass is 35.5. The van der Waals surface area contributed by atoms with Crippen LogP contribution in [0, 0.1) is 10.1 Å². The van der Waals surface area contributed by atoms with Crippen LogP contribution in [0.1, 0.15) is 27.6 Å². The molecule has 0 aliphatic heterocycles. The molecule has 0 saturated heterocycles. The molecular weight excluding hydrogens is 390 g/mol. The Bertz CT molecular complexity index is 931. The minimum absolute atomic E-state index is 0.109. The molecule has 2 aromatic carbocycles. The van der Waals surface area contributed by atoms with Gasteiger partial charge in [0.05, 0.1) is 10.5 Å². The van der Waals surface area contributed by atoms with Crippen molar-refractivity contribution in [1.29, 1.82) is 0 Å². The van der Waals surface area contributed by atoms with Crippen molar-refractivity contribution < 1.29 is 24.0 Å². The molecule has 0 saturated carbocycles. The fourth-order valence-corrected chi connectivity index (χ4v) is 2.38. The second-order valence-electron chi connectivity index (χ2n) is 5.49. The van der Waals surface area contributed by atoms with E-state index in [2.05, 4.69) is 10.6 Å². The predicted molar refractivity (Wildman–Crippen MR) is 101 cm³/mol. The molecule has 0 aromatic heterocycles. The molecule has 2 rings (SSSR count). The van der Waals surface area contributed by atoms with E-state index in [1.165, 1.54) is 18.2 Å². The lowest BCUT2D eigenvalue weighted by Gasteiger charge is -2.08. The zero-order chi connectivity index (χ0) is 20.7. The van der Waals surface area contributed by atoms with Crippen LogP contribution in [0.5, 0.6) is 0 Å². The molecule has 146 valence electrons. The van der Waals surface area contributed by atoms with Crippen LogP contribution in [0.4, 0.5) is 11.4 Å². The summed E-state index contributed by atoms with van der Waals surface area (Å²) in [6.07, 6.45) is 0. The number of amides is 2. The van der Waals surface area contributed by atoms with Crippen molar-refractivity contribution in [3.05, 3.63) is 68.7 Å². The highest BCUT2D eigenvalue weighted by Crippen LogP contribution is 2.25. The summed E-state index contributed by atoms with van der Waals surface area (Å²) in [5, 5.41) is 15.9. The molecule has 9 nitrogen and oxygen atoms in total. The van der Waals surface area contributed by atoms with Gasteiger partial charge in [0.25, 0.3) is 17.5 Å². The zero-order valence-corrected chi connectivity index (χ0v) is 15.5. The largest absolute Gasteiger partial charge is 0.452 e. The first-order valence-electron chi connectivity index (χ1n) is 8.11. The first-order chi connectivity index (χ1) is 13.3. The summed E-state index contributed by atoms with van der Waals surface area (Å²) in [6, 6.07) is 9.67. The minimum atomic E-state index is -0.911. The number of nitrogens with one attached hydrogen (secondary N) is 2. The van der Waals surface area contributed by atoms with E-state index in [1.807, 2.05) is 0 Å². The van der Waals surface area contributed by atoms with Crippen LogP contribution < -0.4 is 10.6 Å². The number of anilines is 1. The Morgan fingerprint density at radius 3 is 2.57 bits per heavy atom. The van der Waals surface area contributed by atoms with Gasteiger partial charge in [-0.25, -0.2) is 4.79 Å². The molecule has 0 radical (unpaired) electrons. The van der Waals surface area contributed by atoms with E-state index in [-0.39, 0.29) is 16.5 Å². The van der Waals surface area contributed by atoms with Gasteiger partial charge in [0, 0.05) is 23.9 Å². The Balaban J connectivity index is 1.96. The first kappa shape index (κ1) is 20.8. The SMILES string of the molecule is CCNC(=O)c1cccc(NC(=O)COC(=O)c2ccc(Cl)c([N+](=O)[O-])c2)c1. The predicted octanol–water partition coefficient (Wildman–Crippen LogP) is 2.79. The van der Waals surface area contributed by atoms with E-state index in [1.54, 1.807) is 25.1 Å². The normalized spacial score (nSPS) is 10.1. The van der Waals surface area contributed by atoms with Crippen molar-refractivity contribution in [2.24, 2.45) is 0 Å². The molecule has 28 heavy (non-hydrogen) atoms. The van der Waals surface area contributed by atoms with Gasteiger partial charge in [0.15, 0.2) is 6.61 Å². The molecule has 0 spiro atoms. The van der Waals surface area contributed by atoms with Gasteiger partial charge >= 0.3 is 5.97 Å². The number of hydrogen-bond acceptors (Lipinski definition) is 6. The summed E-state index contributed by atoms with van der Waals surface area (Å²) in [4.78, 5) is 45.9. The van der Waals surface area contributed by atoms with Crippen molar-refractivity contribution in [1.82, 2.24) is 5.32 Å². The number of benzene rings is 2. The maximum Gasteiger partial charge on any atom is 0.338 e. The average molecular weight is 406 g/mol. The van der Waals surface area contributed by atoms with Gasteiger partial charge in [-0.2, -0.15) is 0 Å². The van der Waals surface area contributed by atoms with Gasteiger partial charge < -0.3 is 15.4 Å². The Hall–Kier alpha value is -3.46. The third kappa shape index (κ3) is 5.52. The molecule has 2 amide bonds. The number of carbonyl (C=O) groups is 3. The maximum absolute atomic E-state index is 12.0. The topological polar surface area (TPSA) is 128 Å². The summed E-state index contributed by atoms with van der Waals surface area (Å²) in [5.74, 6) is -1.83. The standard InChI is InChI=1S/C18H16ClN3O6/c1-2-20-17(24)11-4-3-5-13(8-11)21-16(23)10-28-18(25)12-6-7-14(19)15(9-12)22(26)27/h3-9H,2,10H2,1H3,(H,20,24)(H,21,23). The third-order valence-electron chi connectivity index (χ3n) is 3.46. The summed E-state index contributed by atoms with van der Waals surface area (Å²) < 4.78 is 4.86. The van der Waals surface area contributed by atoms with E-state index in [9.17, 15) is 24.5 Å². The highest BCUT2D eigenvalue weighted by Gasteiger charge is 2.18. The van der Waals surface area contributed by atoms with Gasteiger partial charge in [-0.1, -0.05) is 17.7 Å². The number of carbonyl (C=O) groups excluding carboxylic acids is 3. The summed E-state index contributed by atoms with van der Waals surface area (Å²) in [7, 11) is 0. The maximum atomic E-state index is 12.0. The van der Waals surface area contributed by atoms with E-state index in [0.29, 0.717) is 17.8 Å². The number of halogens is 1. The van der Waals surface area contributed by atoms with Crippen LogP contribution in [0.2, 0.25) is 5.02 Å². The number of esters is 1. The minimum Gasteiger partial charge on any atom is -0.452 e. The number of nitrogens with zero attached hydrogens (tertiary/aromatic N) is 1. The zero-order valence-electron chi connectivity index (χ0n) is 14.7. The summed E-state index contributed by atoms with van der Waals surface area (Å²) >= 11 is 5.68. The molecule has 0 bridgehead atoms. The van der Waals surface area contributed by atoms with Crippen LogP contribution in [0.15, 0.2) is 42.5 Å². The Labute approximate surface area is 164 Å². The van der Waals surface area contributed by atoms with Crippen molar-refractivity contribution in [2.75, 3.05) is 18.5 Å². The fourth-order valence-electron chi connectivity index (χ4n) is 2.19. The molecule has 10 heteroatoms.